The highest BCUT2D eigenvalue weighted by atomic mass is 19.4. The zero-order chi connectivity index (χ0) is 16.5. The van der Waals surface area contributed by atoms with E-state index < -0.39 is 23.1 Å². The van der Waals surface area contributed by atoms with Crippen molar-refractivity contribution in [2.24, 2.45) is 5.41 Å². The summed E-state index contributed by atoms with van der Waals surface area (Å²) in [5.74, 6) is -1.22. The number of halogens is 3. The summed E-state index contributed by atoms with van der Waals surface area (Å²) in [6.45, 7) is 2.06. The van der Waals surface area contributed by atoms with Crippen LogP contribution in [0.4, 0.5) is 13.2 Å². The van der Waals surface area contributed by atoms with Crippen LogP contribution in [0.25, 0.3) is 0 Å². The molecule has 1 aliphatic rings. The van der Waals surface area contributed by atoms with Crippen molar-refractivity contribution in [3.8, 4) is 0 Å². The smallest absolute Gasteiger partial charge is 0.416 e. The Labute approximate surface area is 125 Å². The highest BCUT2D eigenvalue weighted by molar-refractivity contribution is 5.82. The number of aliphatic carboxylic acids is 1. The number of nitrogens with zero attached hydrogens (tertiary/aromatic N) is 1. The van der Waals surface area contributed by atoms with Crippen molar-refractivity contribution in [1.29, 1.82) is 0 Å². The summed E-state index contributed by atoms with van der Waals surface area (Å²) in [5, 5.41) is 9.12. The van der Waals surface area contributed by atoms with Gasteiger partial charge in [-0.25, -0.2) is 0 Å². The van der Waals surface area contributed by atoms with E-state index in [-0.39, 0.29) is 18.9 Å². The number of hydrogen-bond acceptors (Lipinski definition) is 2. The second kappa shape index (κ2) is 5.62. The first-order valence-electron chi connectivity index (χ1n) is 6.79. The van der Waals surface area contributed by atoms with Crippen molar-refractivity contribution in [3.05, 3.63) is 35.4 Å². The van der Waals surface area contributed by atoms with Crippen LogP contribution < -0.4 is 0 Å². The Bertz CT molecular complexity index is 583. The van der Waals surface area contributed by atoms with Crippen LogP contribution in [0.5, 0.6) is 0 Å². The van der Waals surface area contributed by atoms with Crippen molar-refractivity contribution < 1.29 is 27.9 Å². The fourth-order valence-electron chi connectivity index (χ4n) is 2.45. The SMILES string of the molecule is CC1(C(=O)O)CCN(C(=O)Cc2ccc(C(F)(F)F)cc2)C1. The number of carbonyl (C=O) groups excluding carboxylic acids is 1. The van der Waals surface area contributed by atoms with Gasteiger partial charge in [0.25, 0.3) is 0 Å². The van der Waals surface area contributed by atoms with Crippen molar-refractivity contribution in [1.82, 2.24) is 4.90 Å². The van der Waals surface area contributed by atoms with E-state index in [4.69, 9.17) is 5.11 Å². The molecule has 1 aliphatic heterocycles. The minimum Gasteiger partial charge on any atom is -0.481 e. The van der Waals surface area contributed by atoms with Gasteiger partial charge in [-0.2, -0.15) is 13.2 Å². The molecule has 7 heteroatoms. The van der Waals surface area contributed by atoms with Gasteiger partial charge in [-0.3, -0.25) is 9.59 Å². The molecular weight excluding hydrogens is 299 g/mol. The maximum Gasteiger partial charge on any atom is 0.416 e. The van der Waals surface area contributed by atoms with Gasteiger partial charge < -0.3 is 10.0 Å². The van der Waals surface area contributed by atoms with Gasteiger partial charge in [0.05, 0.1) is 17.4 Å². The first-order valence-corrected chi connectivity index (χ1v) is 6.79. The molecule has 0 radical (unpaired) electrons. The summed E-state index contributed by atoms with van der Waals surface area (Å²) in [5.41, 5.74) is -1.24. The minimum absolute atomic E-state index is 0.0339. The molecule has 1 amide bonds. The van der Waals surface area contributed by atoms with E-state index in [0.717, 1.165) is 12.1 Å². The Hall–Kier alpha value is -2.05. The molecule has 1 heterocycles. The summed E-state index contributed by atoms with van der Waals surface area (Å²) in [7, 11) is 0. The lowest BCUT2D eigenvalue weighted by molar-refractivity contribution is -0.147. The van der Waals surface area contributed by atoms with Crippen LogP contribution in [-0.4, -0.2) is 35.0 Å². The molecule has 0 spiro atoms. The first-order chi connectivity index (χ1) is 10.1. The molecule has 1 saturated heterocycles. The first kappa shape index (κ1) is 16.3. The molecular formula is C15H16F3NO3. The number of rotatable bonds is 3. The normalized spacial score (nSPS) is 21.9. The molecule has 120 valence electrons. The number of carboxylic acids is 1. The summed E-state index contributed by atoms with van der Waals surface area (Å²) in [6, 6.07) is 4.42. The van der Waals surface area contributed by atoms with Gasteiger partial charge in [0, 0.05) is 13.1 Å². The van der Waals surface area contributed by atoms with E-state index in [1.165, 1.54) is 17.0 Å². The summed E-state index contributed by atoms with van der Waals surface area (Å²) >= 11 is 0. The number of carbonyl (C=O) groups is 2. The van der Waals surface area contributed by atoms with Crippen LogP contribution in [0.1, 0.15) is 24.5 Å². The third kappa shape index (κ3) is 3.40. The largest absolute Gasteiger partial charge is 0.481 e. The molecule has 1 aromatic carbocycles. The lowest BCUT2D eigenvalue weighted by Crippen LogP contribution is -2.35. The highest BCUT2D eigenvalue weighted by Crippen LogP contribution is 2.31. The summed E-state index contributed by atoms with van der Waals surface area (Å²) in [6.07, 6.45) is -4.06. The van der Waals surface area contributed by atoms with Crippen molar-refractivity contribution in [2.45, 2.75) is 25.9 Å². The van der Waals surface area contributed by atoms with Crippen LogP contribution in [0.15, 0.2) is 24.3 Å². The minimum atomic E-state index is -4.40. The van der Waals surface area contributed by atoms with Crippen LogP contribution in [0.3, 0.4) is 0 Å². The number of amides is 1. The average Bonchev–Trinajstić information content (AvgIpc) is 2.82. The van der Waals surface area contributed by atoms with E-state index >= 15 is 0 Å². The van der Waals surface area contributed by atoms with E-state index in [9.17, 15) is 22.8 Å². The highest BCUT2D eigenvalue weighted by Gasteiger charge is 2.42. The monoisotopic (exact) mass is 315 g/mol. The van der Waals surface area contributed by atoms with Gasteiger partial charge in [-0.15, -0.1) is 0 Å². The molecule has 0 bridgehead atoms. The van der Waals surface area contributed by atoms with Crippen LogP contribution in [0, 0.1) is 5.41 Å². The fraction of sp³-hybridized carbons (Fsp3) is 0.467. The third-order valence-corrected chi connectivity index (χ3v) is 3.98. The lowest BCUT2D eigenvalue weighted by Gasteiger charge is -2.20. The molecule has 1 aromatic rings. The predicted molar refractivity (Wildman–Crippen MR) is 72.1 cm³/mol. The fourth-order valence-corrected chi connectivity index (χ4v) is 2.45. The van der Waals surface area contributed by atoms with Crippen LogP contribution in [-0.2, 0) is 22.2 Å². The molecule has 1 unspecified atom stereocenters. The topological polar surface area (TPSA) is 57.6 Å². The number of likely N-dealkylation sites (tertiary alicyclic amines) is 1. The van der Waals surface area contributed by atoms with Gasteiger partial charge in [0.1, 0.15) is 0 Å². The Morgan fingerprint density at radius 2 is 1.86 bits per heavy atom. The van der Waals surface area contributed by atoms with Gasteiger partial charge in [0.2, 0.25) is 5.91 Å². The van der Waals surface area contributed by atoms with Gasteiger partial charge >= 0.3 is 12.1 Å². The molecule has 0 aromatic heterocycles. The van der Waals surface area contributed by atoms with Gasteiger partial charge in [0.15, 0.2) is 0 Å². The maximum absolute atomic E-state index is 12.5. The predicted octanol–water partition coefficient (Wildman–Crippen LogP) is 2.57. The Balaban J connectivity index is 2.00. The molecule has 22 heavy (non-hydrogen) atoms. The lowest BCUT2D eigenvalue weighted by atomic mass is 9.90. The molecule has 0 aliphatic carbocycles. The number of hydrogen-bond donors (Lipinski definition) is 1. The molecule has 0 saturated carbocycles. The standard InChI is InChI=1S/C15H16F3NO3/c1-14(13(21)22)6-7-19(9-14)12(20)8-10-2-4-11(5-3-10)15(16,17)18/h2-5H,6-9H2,1H3,(H,21,22). The molecule has 1 atom stereocenters. The zero-order valence-electron chi connectivity index (χ0n) is 12.0. The maximum atomic E-state index is 12.5. The number of benzene rings is 1. The summed E-state index contributed by atoms with van der Waals surface area (Å²) in [4.78, 5) is 24.7. The van der Waals surface area contributed by atoms with Crippen molar-refractivity contribution in [2.75, 3.05) is 13.1 Å². The van der Waals surface area contributed by atoms with E-state index in [0.29, 0.717) is 18.5 Å². The van der Waals surface area contributed by atoms with Gasteiger partial charge in [-0.05, 0) is 31.0 Å². The Morgan fingerprint density at radius 3 is 2.32 bits per heavy atom. The van der Waals surface area contributed by atoms with Crippen molar-refractivity contribution in [3.63, 3.8) is 0 Å². The van der Waals surface area contributed by atoms with Crippen molar-refractivity contribution >= 4 is 11.9 Å². The third-order valence-electron chi connectivity index (χ3n) is 3.98. The second-order valence-electron chi connectivity index (χ2n) is 5.80. The molecule has 1 fully saturated rings. The van der Waals surface area contributed by atoms with E-state index in [1.807, 2.05) is 0 Å². The zero-order valence-corrected chi connectivity index (χ0v) is 12.0. The Morgan fingerprint density at radius 1 is 1.27 bits per heavy atom. The van der Waals surface area contributed by atoms with E-state index in [2.05, 4.69) is 0 Å². The summed E-state index contributed by atoms with van der Waals surface area (Å²) < 4.78 is 37.4. The number of carboxylic acid groups (broad SMARTS) is 1. The van der Waals surface area contributed by atoms with Crippen LogP contribution in [0.2, 0.25) is 0 Å². The molecule has 2 rings (SSSR count). The number of alkyl halides is 3. The van der Waals surface area contributed by atoms with Crippen LogP contribution >= 0.6 is 0 Å². The molecule has 1 N–H and O–H groups in total. The Kier molecular flexibility index (Phi) is 4.17. The van der Waals surface area contributed by atoms with E-state index in [1.54, 1.807) is 6.92 Å². The molecule has 4 nitrogen and oxygen atoms in total. The second-order valence-corrected chi connectivity index (χ2v) is 5.80. The van der Waals surface area contributed by atoms with Gasteiger partial charge in [-0.1, -0.05) is 12.1 Å². The average molecular weight is 315 g/mol. The quantitative estimate of drug-likeness (QED) is 0.932.